The molecule has 1 aromatic rings. The molecule has 1 heterocycles. The summed E-state index contributed by atoms with van der Waals surface area (Å²) in [4.78, 5) is 16.9. The van der Waals surface area contributed by atoms with Gasteiger partial charge in [0, 0.05) is 32.6 Å². The topological polar surface area (TPSA) is 23.6 Å². The summed E-state index contributed by atoms with van der Waals surface area (Å²) in [5, 5.41) is 0. The zero-order valence-corrected chi connectivity index (χ0v) is 14.1. The van der Waals surface area contributed by atoms with Crippen molar-refractivity contribution in [1.29, 1.82) is 0 Å². The molecule has 3 heteroatoms. The quantitative estimate of drug-likeness (QED) is 0.834. The van der Waals surface area contributed by atoms with Gasteiger partial charge < -0.3 is 4.90 Å². The number of amides is 1. The van der Waals surface area contributed by atoms with E-state index in [2.05, 4.69) is 49.1 Å². The summed E-state index contributed by atoms with van der Waals surface area (Å²) in [6.45, 7) is 8.60. The minimum absolute atomic E-state index is 0.236. The van der Waals surface area contributed by atoms with Crippen molar-refractivity contribution < 1.29 is 4.79 Å². The SMILES string of the molecule is CN(CC1CCN(Cc2ccccc2)C1)C(=O)C1CC1(C)C. The Labute approximate surface area is 134 Å². The van der Waals surface area contributed by atoms with Crippen LogP contribution in [0.3, 0.4) is 0 Å². The third kappa shape index (κ3) is 3.52. The number of hydrogen-bond donors (Lipinski definition) is 0. The Hall–Kier alpha value is -1.35. The normalized spacial score (nSPS) is 26.9. The minimum atomic E-state index is 0.236. The van der Waals surface area contributed by atoms with Gasteiger partial charge >= 0.3 is 0 Å². The van der Waals surface area contributed by atoms with Crippen molar-refractivity contribution in [1.82, 2.24) is 9.80 Å². The first kappa shape index (κ1) is 15.5. The van der Waals surface area contributed by atoms with Gasteiger partial charge in [0.15, 0.2) is 0 Å². The fraction of sp³-hybridized carbons (Fsp3) is 0.632. The van der Waals surface area contributed by atoms with Crippen LogP contribution in [0.15, 0.2) is 30.3 Å². The van der Waals surface area contributed by atoms with Crippen LogP contribution in [0.1, 0.15) is 32.3 Å². The van der Waals surface area contributed by atoms with Crippen molar-refractivity contribution in [2.75, 3.05) is 26.7 Å². The van der Waals surface area contributed by atoms with Gasteiger partial charge in [-0.05, 0) is 36.3 Å². The van der Waals surface area contributed by atoms with Gasteiger partial charge in [-0.3, -0.25) is 9.69 Å². The van der Waals surface area contributed by atoms with Gasteiger partial charge in [0.1, 0.15) is 0 Å². The lowest BCUT2D eigenvalue weighted by atomic mass is 10.1. The molecule has 1 aliphatic heterocycles. The predicted octanol–water partition coefficient (Wildman–Crippen LogP) is 3.01. The number of nitrogens with zero attached hydrogens (tertiary/aromatic N) is 2. The number of rotatable bonds is 5. The Morgan fingerprint density at radius 3 is 2.64 bits per heavy atom. The second-order valence-electron chi connectivity index (χ2n) is 7.84. The molecule has 1 saturated carbocycles. The molecule has 3 nitrogen and oxygen atoms in total. The molecule has 2 unspecified atom stereocenters. The van der Waals surface area contributed by atoms with Crippen LogP contribution in [0.2, 0.25) is 0 Å². The van der Waals surface area contributed by atoms with Crippen LogP contribution >= 0.6 is 0 Å². The van der Waals surface area contributed by atoms with Crippen LogP contribution in [0.4, 0.5) is 0 Å². The van der Waals surface area contributed by atoms with Crippen LogP contribution in [-0.4, -0.2) is 42.4 Å². The molecule has 0 N–H and O–H groups in total. The average molecular weight is 300 g/mol. The van der Waals surface area contributed by atoms with Gasteiger partial charge in [-0.25, -0.2) is 0 Å². The summed E-state index contributed by atoms with van der Waals surface area (Å²) in [6, 6.07) is 10.7. The highest BCUT2D eigenvalue weighted by molar-refractivity contribution is 5.82. The van der Waals surface area contributed by atoms with Gasteiger partial charge in [-0.1, -0.05) is 44.2 Å². The molecule has 0 bridgehead atoms. The maximum Gasteiger partial charge on any atom is 0.225 e. The zero-order chi connectivity index (χ0) is 15.7. The van der Waals surface area contributed by atoms with E-state index in [-0.39, 0.29) is 11.3 Å². The largest absolute Gasteiger partial charge is 0.345 e. The van der Waals surface area contributed by atoms with Crippen molar-refractivity contribution in [2.45, 2.75) is 33.2 Å². The molecule has 0 radical (unpaired) electrons. The molecule has 1 saturated heterocycles. The standard InChI is InChI=1S/C19H28N2O/c1-19(2)11-17(19)18(22)20(3)12-16-9-10-21(14-16)13-15-7-5-4-6-8-15/h4-8,16-17H,9-14H2,1-3H3. The summed E-state index contributed by atoms with van der Waals surface area (Å²) in [5.41, 5.74) is 1.62. The highest BCUT2D eigenvalue weighted by atomic mass is 16.2. The van der Waals surface area contributed by atoms with Crippen molar-refractivity contribution in [3.05, 3.63) is 35.9 Å². The van der Waals surface area contributed by atoms with Crippen LogP contribution in [0.25, 0.3) is 0 Å². The molecule has 1 amide bonds. The first-order valence-corrected chi connectivity index (χ1v) is 8.47. The van der Waals surface area contributed by atoms with E-state index in [0.29, 0.717) is 11.8 Å². The third-order valence-corrected chi connectivity index (χ3v) is 5.34. The van der Waals surface area contributed by atoms with Crippen LogP contribution < -0.4 is 0 Å². The molecule has 0 aromatic heterocycles. The van der Waals surface area contributed by atoms with Crippen LogP contribution in [0, 0.1) is 17.3 Å². The maximum absolute atomic E-state index is 12.4. The van der Waals surface area contributed by atoms with Crippen molar-refractivity contribution in [3.8, 4) is 0 Å². The first-order chi connectivity index (χ1) is 10.5. The summed E-state index contributed by atoms with van der Waals surface area (Å²) in [7, 11) is 1.98. The van der Waals surface area contributed by atoms with E-state index in [1.54, 1.807) is 0 Å². The van der Waals surface area contributed by atoms with E-state index in [4.69, 9.17) is 0 Å². The fourth-order valence-electron chi connectivity index (χ4n) is 3.68. The molecule has 1 aromatic carbocycles. The second kappa shape index (κ2) is 6.04. The number of carbonyl (C=O) groups excluding carboxylic acids is 1. The predicted molar refractivity (Wildman–Crippen MR) is 89.4 cm³/mol. The van der Waals surface area contributed by atoms with Gasteiger partial charge in [0.05, 0.1) is 0 Å². The van der Waals surface area contributed by atoms with Crippen molar-refractivity contribution in [3.63, 3.8) is 0 Å². The maximum atomic E-state index is 12.4. The lowest BCUT2D eigenvalue weighted by Gasteiger charge is -2.22. The van der Waals surface area contributed by atoms with Gasteiger partial charge in [-0.15, -0.1) is 0 Å². The van der Waals surface area contributed by atoms with E-state index >= 15 is 0 Å². The molecule has 2 aliphatic rings. The lowest BCUT2D eigenvalue weighted by Crippen LogP contribution is -2.34. The van der Waals surface area contributed by atoms with E-state index in [0.717, 1.165) is 32.6 Å². The Kier molecular flexibility index (Phi) is 4.26. The summed E-state index contributed by atoms with van der Waals surface area (Å²) in [5.74, 6) is 1.24. The van der Waals surface area contributed by atoms with Gasteiger partial charge in [0.25, 0.3) is 0 Å². The monoisotopic (exact) mass is 300 g/mol. The summed E-state index contributed by atoms with van der Waals surface area (Å²) >= 11 is 0. The van der Waals surface area contributed by atoms with E-state index in [1.807, 2.05) is 11.9 Å². The number of likely N-dealkylation sites (tertiary alicyclic amines) is 1. The summed E-state index contributed by atoms with van der Waals surface area (Å²) < 4.78 is 0. The van der Waals surface area contributed by atoms with Crippen LogP contribution in [0.5, 0.6) is 0 Å². The second-order valence-corrected chi connectivity index (χ2v) is 7.84. The Bertz CT molecular complexity index is 525. The van der Waals surface area contributed by atoms with Crippen molar-refractivity contribution in [2.24, 2.45) is 17.3 Å². The smallest absolute Gasteiger partial charge is 0.225 e. The zero-order valence-electron chi connectivity index (χ0n) is 14.1. The average Bonchev–Trinajstić information content (AvgIpc) is 2.91. The lowest BCUT2D eigenvalue weighted by molar-refractivity contribution is -0.132. The Morgan fingerprint density at radius 2 is 2.00 bits per heavy atom. The third-order valence-electron chi connectivity index (χ3n) is 5.34. The first-order valence-electron chi connectivity index (χ1n) is 8.47. The summed E-state index contributed by atoms with van der Waals surface area (Å²) in [6.07, 6.45) is 2.26. The van der Waals surface area contributed by atoms with E-state index < -0.39 is 0 Å². The number of benzene rings is 1. The van der Waals surface area contributed by atoms with Gasteiger partial charge in [0.2, 0.25) is 5.91 Å². The number of carbonyl (C=O) groups is 1. The fourth-order valence-corrected chi connectivity index (χ4v) is 3.68. The van der Waals surface area contributed by atoms with Gasteiger partial charge in [-0.2, -0.15) is 0 Å². The highest BCUT2D eigenvalue weighted by Crippen LogP contribution is 2.52. The number of hydrogen-bond acceptors (Lipinski definition) is 2. The molecule has 1 aliphatic carbocycles. The Balaban J connectivity index is 1.46. The minimum Gasteiger partial charge on any atom is -0.345 e. The Morgan fingerprint density at radius 1 is 1.32 bits per heavy atom. The highest BCUT2D eigenvalue weighted by Gasteiger charge is 2.51. The van der Waals surface area contributed by atoms with Crippen LogP contribution in [-0.2, 0) is 11.3 Å². The molecule has 3 rings (SSSR count). The van der Waals surface area contributed by atoms with Crippen molar-refractivity contribution >= 4 is 5.91 Å². The molecule has 120 valence electrons. The molecule has 2 atom stereocenters. The molecule has 0 spiro atoms. The molecular formula is C19H28N2O. The molecule has 2 fully saturated rings. The van der Waals surface area contributed by atoms with E-state index in [9.17, 15) is 4.79 Å². The van der Waals surface area contributed by atoms with E-state index in [1.165, 1.54) is 12.0 Å². The molecular weight excluding hydrogens is 272 g/mol. The molecule has 22 heavy (non-hydrogen) atoms.